The lowest BCUT2D eigenvalue weighted by Gasteiger charge is -2.05. The first kappa shape index (κ1) is 17.7. The molecule has 0 radical (unpaired) electrons. The van der Waals surface area contributed by atoms with Crippen LogP contribution in [0.3, 0.4) is 0 Å². The Balaban J connectivity index is 1.92. The molecule has 0 bridgehead atoms. The van der Waals surface area contributed by atoms with Gasteiger partial charge in [0.25, 0.3) is 0 Å². The highest BCUT2D eigenvalue weighted by atomic mass is 32.1. The van der Waals surface area contributed by atoms with Crippen LogP contribution in [0.5, 0.6) is 17.2 Å². The molecule has 0 fully saturated rings. The van der Waals surface area contributed by atoms with Crippen LogP contribution in [0, 0.1) is 4.77 Å². The topological polar surface area (TPSA) is 84.7 Å². The smallest absolute Gasteiger partial charge is 0.216 e. The summed E-state index contributed by atoms with van der Waals surface area (Å²) in [4.78, 5) is 0. The van der Waals surface area contributed by atoms with Crippen molar-refractivity contribution in [3.05, 3.63) is 52.8 Å². The summed E-state index contributed by atoms with van der Waals surface area (Å²) in [5.74, 6) is 1.81. The Morgan fingerprint density at radius 1 is 1.27 bits per heavy atom. The van der Waals surface area contributed by atoms with E-state index in [2.05, 4.69) is 15.3 Å². The summed E-state index contributed by atoms with van der Waals surface area (Å²) in [6.07, 6.45) is 1.62. The Hall–Kier alpha value is -3.13. The fourth-order valence-corrected chi connectivity index (χ4v) is 2.53. The Kier molecular flexibility index (Phi) is 5.33. The number of aromatic amines is 1. The molecule has 1 aromatic heterocycles. The molecule has 0 aliphatic carbocycles. The van der Waals surface area contributed by atoms with Crippen LogP contribution in [0.25, 0.3) is 11.4 Å². The van der Waals surface area contributed by atoms with E-state index in [1.165, 1.54) is 11.8 Å². The molecule has 0 saturated heterocycles. The molecule has 3 aromatic rings. The summed E-state index contributed by atoms with van der Waals surface area (Å²) >= 11 is 5.27. The number of H-pyrrole nitrogens is 1. The number of benzene rings is 2. The molecule has 3 rings (SSSR count). The van der Waals surface area contributed by atoms with Crippen molar-refractivity contribution < 1.29 is 14.6 Å². The Bertz CT molecular complexity index is 977. The van der Waals surface area contributed by atoms with E-state index in [0.29, 0.717) is 23.0 Å². The summed E-state index contributed by atoms with van der Waals surface area (Å²) in [6.45, 7) is 2.55. The molecule has 0 saturated carbocycles. The second-order valence-corrected chi connectivity index (χ2v) is 5.68. The van der Waals surface area contributed by atoms with Crippen molar-refractivity contribution in [1.29, 1.82) is 0 Å². The Labute approximate surface area is 155 Å². The van der Waals surface area contributed by atoms with Crippen LogP contribution in [-0.4, -0.2) is 39.9 Å². The molecular weight excluding hydrogens is 352 g/mol. The maximum Gasteiger partial charge on any atom is 0.216 e. The molecular formula is C18H18N4O3S. The van der Waals surface area contributed by atoms with Gasteiger partial charge in [0, 0.05) is 5.56 Å². The maximum absolute atomic E-state index is 9.67. The maximum atomic E-state index is 9.67. The van der Waals surface area contributed by atoms with Gasteiger partial charge in [-0.15, -0.1) is 0 Å². The van der Waals surface area contributed by atoms with Gasteiger partial charge in [-0.2, -0.15) is 14.9 Å². The van der Waals surface area contributed by atoms with Crippen molar-refractivity contribution in [2.75, 3.05) is 13.7 Å². The third-order valence-electron chi connectivity index (χ3n) is 3.60. The van der Waals surface area contributed by atoms with Crippen LogP contribution in [0.4, 0.5) is 0 Å². The molecule has 8 heteroatoms. The van der Waals surface area contributed by atoms with Crippen molar-refractivity contribution in [3.63, 3.8) is 0 Å². The van der Waals surface area contributed by atoms with E-state index in [1.54, 1.807) is 24.4 Å². The van der Waals surface area contributed by atoms with Gasteiger partial charge in [-0.3, -0.25) is 0 Å². The lowest BCUT2D eigenvalue weighted by atomic mass is 10.2. The third-order valence-corrected chi connectivity index (χ3v) is 3.86. The largest absolute Gasteiger partial charge is 0.504 e. The number of ether oxygens (including phenoxy) is 2. The van der Waals surface area contributed by atoms with Gasteiger partial charge in [-0.05, 0) is 67.2 Å². The minimum absolute atomic E-state index is 0.0691. The lowest BCUT2D eigenvalue weighted by Crippen LogP contribution is -1.96. The number of rotatable bonds is 6. The fraction of sp³-hybridized carbons (Fsp3) is 0.167. The predicted molar refractivity (Wildman–Crippen MR) is 102 cm³/mol. The second-order valence-electron chi connectivity index (χ2n) is 5.30. The highest BCUT2D eigenvalue weighted by molar-refractivity contribution is 7.71. The number of phenolic OH excluding ortho intramolecular Hbond substituents is 1. The third kappa shape index (κ3) is 3.75. The van der Waals surface area contributed by atoms with E-state index in [9.17, 15) is 5.11 Å². The van der Waals surface area contributed by atoms with Gasteiger partial charge < -0.3 is 14.6 Å². The number of aromatic nitrogens is 3. The molecule has 0 unspecified atom stereocenters. The Morgan fingerprint density at radius 3 is 2.73 bits per heavy atom. The fourth-order valence-electron chi connectivity index (χ4n) is 2.35. The summed E-state index contributed by atoms with van der Waals surface area (Å²) in [5.41, 5.74) is 1.60. The van der Waals surface area contributed by atoms with E-state index in [0.717, 1.165) is 16.9 Å². The van der Waals surface area contributed by atoms with Crippen LogP contribution in [0.1, 0.15) is 12.5 Å². The van der Waals surface area contributed by atoms with E-state index < -0.39 is 0 Å². The molecule has 0 spiro atoms. The van der Waals surface area contributed by atoms with Crippen LogP contribution < -0.4 is 9.47 Å². The van der Waals surface area contributed by atoms with Gasteiger partial charge in [0.2, 0.25) is 4.77 Å². The molecule has 2 aromatic carbocycles. The van der Waals surface area contributed by atoms with Crippen LogP contribution in [-0.2, 0) is 0 Å². The first-order valence-electron chi connectivity index (χ1n) is 7.94. The van der Waals surface area contributed by atoms with Crippen molar-refractivity contribution in [3.8, 4) is 28.6 Å². The van der Waals surface area contributed by atoms with Gasteiger partial charge in [0.15, 0.2) is 17.3 Å². The molecule has 1 heterocycles. The van der Waals surface area contributed by atoms with Gasteiger partial charge in [0.1, 0.15) is 5.75 Å². The zero-order valence-corrected chi connectivity index (χ0v) is 15.2. The first-order valence-corrected chi connectivity index (χ1v) is 8.35. The molecule has 134 valence electrons. The van der Waals surface area contributed by atoms with Crippen LogP contribution in [0.2, 0.25) is 0 Å². The van der Waals surface area contributed by atoms with Gasteiger partial charge in [-0.1, -0.05) is 0 Å². The zero-order valence-electron chi connectivity index (χ0n) is 14.3. The van der Waals surface area contributed by atoms with Gasteiger partial charge >= 0.3 is 0 Å². The summed E-state index contributed by atoms with van der Waals surface area (Å²) in [7, 11) is 1.49. The molecule has 0 aliphatic heterocycles. The van der Waals surface area contributed by atoms with E-state index >= 15 is 0 Å². The molecule has 0 aliphatic rings. The van der Waals surface area contributed by atoms with Crippen molar-refractivity contribution in [2.45, 2.75) is 6.92 Å². The average Bonchev–Trinajstić information content (AvgIpc) is 3.02. The number of hydrogen-bond acceptors (Lipinski definition) is 6. The first-order chi connectivity index (χ1) is 12.6. The van der Waals surface area contributed by atoms with Gasteiger partial charge in [0.05, 0.1) is 19.9 Å². The van der Waals surface area contributed by atoms with Gasteiger partial charge in [-0.25, -0.2) is 5.10 Å². The minimum atomic E-state index is 0.0691. The zero-order chi connectivity index (χ0) is 18.5. The second kappa shape index (κ2) is 7.83. The summed E-state index contributed by atoms with van der Waals surface area (Å²) in [5, 5.41) is 21.1. The molecule has 0 atom stereocenters. The average molecular weight is 370 g/mol. The number of nitrogens with one attached hydrogen (secondary N) is 1. The van der Waals surface area contributed by atoms with E-state index in [1.807, 2.05) is 31.2 Å². The van der Waals surface area contributed by atoms with E-state index in [-0.39, 0.29) is 5.75 Å². The summed E-state index contributed by atoms with van der Waals surface area (Å²) in [6, 6.07) is 12.5. The van der Waals surface area contributed by atoms with E-state index in [4.69, 9.17) is 21.7 Å². The van der Waals surface area contributed by atoms with Crippen molar-refractivity contribution in [1.82, 2.24) is 14.9 Å². The monoisotopic (exact) mass is 370 g/mol. The van der Waals surface area contributed by atoms with Crippen molar-refractivity contribution >= 4 is 18.4 Å². The SMILES string of the molecule is CCOc1ccc(-c2n[nH]c(=S)n2/N=C\c2ccc(O)c(OC)c2)cc1. The number of hydrogen-bond donors (Lipinski definition) is 2. The normalized spacial score (nSPS) is 11.0. The molecule has 26 heavy (non-hydrogen) atoms. The quantitative estimate of drug-likeness (QED) is 0.511. The number of phenols is 1. The number of aromatic hydroxyl groups is 1. The van der Waals surface area contributed by atoms with Crippen LogP contribution >= 0.6 is 12.2 Å². The predicted octanol–water partition coefficient (Wildman–Crippen LogP) is 3.60. The molecule has 2 N–H and O–H groups in total. The molecule has 7 nitrogen and oxygen atoms in total. The summed E-state index contributed by atoms with van der Waals surface area (Å²) < 4.78 is 12.5. The molecule has 0 amide bonds. The number of nitrogens with zero attached hydrogens (tertiary/aromatic N) is 3. The number of methoxy groups -OCH3 is 1. The lowest BCUT2D eigenvalue weighted by molar-refractivity contribution is 0.340. The van der Waals surface area contributed by atoms with Crippen molar-refractivity contribution in [2.24, 2.45) is 5.10 Å². The van der Waals surface area contributed by atoms with Crippen LogP contribution in [0.15, 0.2) is 47.6 Å². The highest BCUT2D eigenvalue weighted by Crippen LogP contribution is 2.26. The Morgan fingerprint density at radius 2 is 2.04 bits per heavy atom. The standard InChI is InChI=1S/C18H18N4O3S/c1-3-25-14-7-5-13(6-8-14)17-20-21-18(26)22(17)19-11-12-4-9-15(23)16(10-12)24-2/h4-11,23H,3H2,1-2H3,(H,21,26)/b19-11-. The highest BCUT2D eigenvalue weighted by Gasteiger charge is 2.08. The minimum Gasteiger partial charge on any atom is -0.504 e.